The van der Waals surface area contributed by atoms with Crippen molar-refractivity contribution in [2.75, 3.05) is 39.3 Å². The van der Waals surface area contributed by atoms with Crippen LogP contribution >= 0.6 is 24.0 Å². The lowest BCUT2D eigenvalue weighted by atomic mass is 9.98. The summed E-state index contributed by atoms with van der Waals surface area (Å²) in [5.41, 5.74) is 0. The van der Waals surface area contributed by atoms with Crippen molar-refractivity contribution in [1.82, 2.24) is 14.9 Å². The molecule has 1 aromatic carbocycles. The van der Waals surface area contributed by atoms with Crippen LogP contribution in [-0.4, -0.2) is 64.1 Å². The van der Waals surface area contributed by atoms with Crippen molar-refractivity contribution in [3.05, 3.63) is 30.3 Å². The Morgan fingerprint density at radius 2 is 1.90 bits per heavy atom. The summed E-state index contributed by atoms with van der Waals surface area (Å²) in [5.74, 6) is 1.22. The smallest absolute Gasteiger partial charge is 0.243 e. The largest absolute Gasteiger partial charge is 0.376 e. The minimum atomic E-state index is -3.38. The van der Waals surface area contributed by atoms with Crippen LogP contribution < -0.4 is 10.6 Å². The molecule has 1 aromatic rings. The van der Waals surface area contributed by atoms with E-state index in [-0.39, 0.29) is 30.1 Å². The lowest BCUT2D eigenvalue weighted by Crippen LogP contribution is -2.42. The number of nitrogens with one attached hydrogen (secondary N) is 2. The molecule has 0 radical (unpaired) electrons. The van der Waals surface area contributed by atoms with E-state index in [2.05, 4.69) is 17.6 Å². The fourth-order valence-corrected chi connectivity index (χ4v) is 5.14. The van der Waals surface area contributed by atoms with E-state index >= 15 is 0 Å². The SMILES string of the molecule is CCNC(=NCC1CCN(S(=O)(=O)c2ccccc2)CC1)NCC1CCCO1.I. The van der Waals surface area contributed by atoms with Crippen molar-refractivity contribution in [1.29, 1.82) is 0 Å². The zero-order chi connectivity index (χ0) is 19.8. The molecule has 9 heteroatoms. The Labute approximate surface area is 191 Å². The summed E-state index contributed by atoms with van der Waals surface area (Å²) in [6, 6.07) is 8.68. The summed E-state index contributed by atoms with van der Waals surface area (Å²) >= 11 is 0. The molecule has 1 atom stereocenters. The number of nitrogens with zero attached hydrogens (tertiary/aromatic N) is 2. The van der Waals surface area contributed by atoms with Crippen molar-refractivity contribution in [2.45, 2.75) is 43.6 Å². The third kappa shape index (κ3) is 7.08. The Bertz CT molecular complexity index is 731. The minimum Gasteiger partial charge on any atom is -0.376 e. The van der Waals surface area contributed by atoms with Gasteiger partial charge >= 0.3 is 0 Å². The maximum atomic E-state index is 12.7. The Balaban J connectivity index is 0.00000300. The van der Waals surface area contributed by atoms with Gasteiger partial charge in [-0.1, -0.05) is 18.2 Å². The zero-order valence-corrected chi connectivity index (χ0v) is 20.2. The molecule has 7 nitrogen and oxygen atoms in total. The second kappa shape index (κ2) is 12.1. The lowest BCUT2D eigenvalue weighted by Gasteiger charge is -2.30. The third-order valence-corrected chi connectivity index (χ3v) is 7.24. The number of piperidine rings is 1. The molecule has 2 fully saturated rings. The van der Waals surface area contributed by atoms with Crippen molar-refractivity contribution >= 4 is 40.0 Å². The van der Waals surface area contributed by atoms with Gasteiger partial charge in [-0.2, -0.15) is 4.31 Å². The van der Waals surface area contributed by atoms with Crippen LogP contribution in [0.3, 0.4) is 0 Å². The highest BCUT2D eigenvalue weighted by Gasteiger charge is 2.29. The predicted molar refractivity (Wildman–Crippen MR) is 126 cm³/mol. The average Bonchev–Trinajstić information content (AvgIpc) is 3.25. The average molecular weight is 536 g/mol. The molecule has 2 heterocycles. The molecule has 164 valence electrons. The molecule has 2 N–H and O–H groups in total. The molecule has 2 saturated heterocycles. The summed E-state index contributed by atoms with van der Waals surface area (Å²) in [6.45, 7) is 6.31. The number of hydrogen-bond acceptors (Lipinski definition) is 4. The quantitative estimate of drug-likeness (QED) is 0.318. The summed E-state index contributed by atoms with van der Waals surface area (Å²) in [7, 11) is -3.38. The lowest BCUT2D eigenvalue weighted by molar-refractivity contribution is 0.114. The van der Waals surface area contributed by atoms with E-state index in [1.165, 1.54) is 0 Å². The Morgan fingerprint density at radius 3 is 2.52 bits per heavy atom. The topological polar surface area (TPSA) is 83.0 Å². The molecule has 0 aliphatic carbocycles. The van der Waals surface area contributed by atoms with E-state index in [0.717, 1.165) is 51.3 Å². The molecule has 2 aliphatic heterocycles. The molecule has 29 heavy (non-hydrogen) atoms. The number of guanidine groups is 1. The van der Waals surface area contributed by atoms with Crippen LogP contribution in [0.2, 0.25) is 0 Å². The van der Waals surface area contributed by atoms with Gasteiger partial charge in [0.15, 0.2) is 5.96 Å². The van der Waals surface area contributed by atoms with Crippen molar-refractivity contribution < 1.29 is 13.2 Å². The van der Waals surface area contributed by atoms with Crippen LogP contribution in [0.5, 0.6) is 0 Å². The van der Waals surface area contributed by atoms with E-state index in [1.54, 1.807) is 28.6 Å². The number of benzene rings is 1. The predicted octanol–water partition coefficient (Wildman–Crippen LogP) is 2.44. The maximum Gasteiger partial charge on any atom is 0.243 e. The fourth-order valence-electron chi connectivity index (χ4n) is 3.65. The second-order valence-electron chi connectivity index (χ2n) is 7.40. The first kappa shape index (κ1) is 24.4. The van der Waals surface area contributed by atoms with Gasteiger partial charge in [-0.3, -0.25) is 4.99 Å². The molecule has 2 aliphatic rings. The molecule has 0 spiro atoms. The summed E-state index contributed by atoms with van der Waals surface area (Å²) in [5, 5.41) is 6.64. The summed E-state index contributed by atoms with van der Waals surface area (Å²) in [4.78, 5) is 5.09. The van der Waals surface area contributed by atoms with E-state index in [0.29, 0.717) is 30.4 Å². The minimum absolute atomic E-state index is 0. The molecule has 0 bridgehead atoms. The Morgan fingerprint density at radius 1 is 1.17 bits per heavy atom. The monoisotopic (exact) mass is 536 g/mol. The van der Waals surface area contributed by atoms with E-state index in [1.807, 2.05) is 6.07 Å². The van der Waals surface area contributed by atoms with Gasteiger partial charge in [-0.25, -0.2) is 8.42 Å². The summed E-state index contributed by atoms with van der Waals surface area (Å²) < 4.78 is 32.7. The standard InChI is InChI=1S/C20H32N4O3S.HI/c1-2-21-20(23-16-18-7-6-14-27-18)22-15-17-10-12-24(13-11-17)28(25,26)19-8-4-3-5-9-19;/h3-5,8-9,17-18H,2,6-7,10-16H2,1H3,(H2,21,22,23);1H. The molecular weight excluding hydrogens is 503 g/mol. The van der Waals surface area contributed by atoms with Crippen LogP contribution in [0.25, 0.3) is 0 Å². The van der Waals surface area contributed by atoms with E-state index < -0.39 is 10.0 Å². The van der Waals surface area contributed by atoms with Crippen molar-refractivity contribution in [2.24, 2.45) is 10.9 Å². The fraction of sp³-hybridized carbons (Fsp3) is 0.650. The van der Waals surface area contributed by atoms with Crippen LogP contribution in [0.1, 0.15) is 32.6 Å². The van der Waals surface area contributed by atoms with E-state index in [4.69, 9.17) is 9.73 Å². The first-order valence-electron chi connectivity index (χ1n) is 10.3. The molecule has 0 aromatic heterocycles. The Hall–Kier alpha value is -0.910. The number of rotatable bonds is 7. The number of sulfonamides is 1. The molecule has 0 amide bonds. The highest BCUT2D eigenvalue weighted by atomic mass is 127. The third-order valence-electron chi connectivity index (χ3n) is 5.33. The number of ether oxygens (including phenoxy) is 1. The van der Waals surface area contributed by atoms with Crippen molar-refractivity contribution in [3.8, 4) is 0 Å². The molecule has 0 saturated carbocycles. The van der Waals surface area contributed by atoms with Gasteiger partial charge in [0, 0.05) is 39.3 Å². The number of hydrogen-bond donors (Lipinski definition) is 2. The first-order valence-corrected chi connectivity index (χ1v) is 11.7. The molecular formula is C20H33IN4O3S. The van der Waals surface area contributed by atoms with Crippen LogP contribution in [0.4, 0.5) is 0 Å². The highest BCUT2D eigenvalue weighted by Crippen LogP contribution is 2.23. The van der Waals surface area contributed by atoms with Crippen LogP contribution in [0.15, 0.2) is 40.2 Å². The van der Waals surface area contributed by atoms with Gasteiger partial charge in [0.2, 0.25) is 10.0 Å². The van der Waals surface area contributed by atoms with Crippen LogP contribution in [0, 0.1) is 5.92 Å². The maximum absolute atomic E-state index is 12.7. The molecule has 3 rings (SSSR count). The van der Waals surface area contributed by atoms with Gasteiger partial charge < -0.3 is 15.4 Å². The normalized spacial score (nSPS) is 21.6. The van der Waals surface area contributed by atoms with Crippen molar-refractivity contribution in [3.63, 3.8) is 0 Å². The first-order chi connectivity index (χ1) is 13.6. The Kier molecular flexibility index (Phi) is 10.1. The van der Waals surface area contributed by atoms with Gasteiger partial charge in [-0.05, 0) is 50.7 Å². The van der Waals surface area contributed by atoms with Gasteiger partial charge in [0.25, 0.3) is 0 Å². The number of aliphatic imine (C=N–C) groups is 1. The van der Waals surface area contributed by atoms with Crippen LogP contribution in [-0.2, 0) is 14.8 Å². The summed E-state index contributed by atoms with van der Waals surface area (Å²) in [6.07, 6.45) is 4.17. The second-order valence-corrected chi connectivity index (χ2v) is 9.33. The van der Waals surface area contributed by atoms with E-state index in [9.17, 15) is 8.42 Å². The number of halogens is 1. The molecule has 1 unspecified atom stereocenters. The van der Waals surface area contributed by atoms with Gasteiger partial charge in [0.1, 0.15) is 0 Å². The van der Waals surface area contributed by atoms with Gasteiger partial charge in [0.05, 0.1) is 11.0 Å². The highest BCUT2D eigenvalue weighted by molar-refractivity contribution is 14.0. The zero-order valence-electron chi connectivity index (χ0n) is 17.0. The van der Waals surface area contributed by atoms with Gasteiger partial charge in [-0.15, -0.1) is 24.0 Å².